The van der Waals surface area contributed by atoms with E-state index in [1.165, 1.54) is 5.56 Å². The van der Waals surface area contributed by atoms with Crippen molar-refractivity contribution in [1.29, 1.82) is 0 Å². The van der Waals surface area contributed by atoms with Gasteiger partial charge in [0.15, 0.2) is 0 Å². The maximum Gasteiger partial charge on any atom is 0.408 e. The Morgan fingerprint density at radius 3 is 2.14 bits per heavy atom. The van der Waals surface area contributed by atoms with Crippen LogP contribution in [0, 0.1) is 0 Å². The van der Waals surface area contributed by atoms with Gasteiger partial charge in [-0.2, -0.15) is 0 Å². The van der Waals surface area contributed by atoms with Crippen molar-refractivity contribution in [3.8, 4) is 0 Å². The van der Waals surface area contributed by atoms with E-state index in [-0.39, 0.29) is 12.5 Å². The molecule has 1 rings (SSSR count). The van der Waals surface area contributed by atoms with Crippen LogP contribution in [-0.4, -0.2) is 18.0 Å². The maximum absolute atomic E-state index is 11.8. The smallest absolute Gasteiger partial charge is 0.408 e. The summed E-state index contributed by atoms with van der Waals surface area (Å²) in [5.41, 5.74) is 1.57. The number of rotatable bonds is 5. The molecule has 0 aliphatic rings. The van der Waals surface area contributed by atoms with Gasteiger partial charge >= 0.3 is 6.09 Å². The molecule has 1 aromatic carbocycles. The van der Waals surface area contributed by atoms with Gasteiger partial charge in [0.1, 0.15) is 11.9 Å². The zero-order valence-electron chi connectivity index (χ0n) is 13.5. The van der Waals surface area contributed by atoms with E-state index >= 15 is 0 Å². The van der Waals surface area contributed by atoms with Crippen LogP contribution in [0.15, 0.2) is 24.3 Å². The molecule has 4 heteroatoms. The largest absolute Gasteiger partial charge is 0.444 e. The second-order valence-electron chi connectivity index (χ2n) is 6.42. The van der Waals surface area contributed by atoms with E-state index in [4.69, 9.17) is 4.74 Å². The Morgan fingerprint density at radius 2 is 1.71 bits per heavy atom. The zero-order chi connectivity index (χ0) is 16.0. The summed E-state index contributed by atoms with van der Waals surface area (Å²) >= 11 is 0. The van der Waals surface area contributed by atoms with Crippen LogP contribution in [-0.2, 0) is 9.53 Å². The molecule has 0 unspecified atom stereocenters. The molecule has 0 saturated carbocycles. The van der Waals surface area contributed by atoms with Crippen LogP contribution in [0.5, 0.6) is 0 Å². The second-order valence-corrected chi connectivity index (χ2v) is 6.42. The Kier molecular flexibility index (Phi) is 5.94. The van der Waals surface area contributed by atoms with Gasteiger partial charge in [0.25, 0.3) is 0 Å². The Hall–Kier alpha value is -1.84. The first-order valence-electron chi connectivity index (χ1n) is 7.26. The van der Waals surface area contributed by atoms with Crippen molar-refractivity contribution < 1.29 is 14.3 Å². The number of hydrogen-bond donors (Lipinski definition) is 1. The standard InChI is InChI=1S/C17H25NO3/c1-12(2)13-6-8-14(9-7-13)15(10-11-19)18-16(20)21-17(3,4)5/h6-9,11-12,15H,10H2,1-5H3,(H,18,20)/t15-/m0/s1. The number of carbonyl (C=O) groups excluding carboxylic acids is 2. The molecule has 0 saturated heterocycles. The third-order valence-electron chi connectivity index (χ3n) is 3.03. The number of aldehydes is 1. The third-order valence-corrected chi connectivity index (χ3v) is 3.03. The quantitative estimate of drug-likeness (QED) is 0.835. The lowest BCUT2D eigenvalue weighted by Gasteiger charge is -2.23. The van der Waals surface area contributed by atoms with Gasteiger partial charge in [-0.15, -0.1) is 0 Å². The average molecular weight is 291 g/mol. The van der Waals surface area contributed by atoms with Gasteiger partial charge in [0.05, 0.1) is 6.04 Å². The summed E-state index contributed by atoms with van der Waals surface area (Å²) in [4.78, 5) is 22.7. The molecular weight excluding hydrogens is 266 g/mol. The molecule has 1 aromatic rings. The van der Waals surface area contributed by atoms with E-state index in [2.05, 4.69) is 19.2 Å². The van der Waals surface area contributed by atoms with Crippen LogP contribution >= 0.6 is 0 Å². The minimum absolute atomic E-state index is 0.222. The SMILES string of the molecule is CC(C)c1ccc([C@H](CC=O)NC(=O)OC(C)(C)C)cc1. The van der Waals surface area contributed by atoms with Gasteiger partial charge in [-0.1, -0.05) is 38.1 Å². The molecule has 0 aliphatic carbocycles. The molecule has 0 aliphatic heterocycles. The molecule has 116 valence electrons. The third kappa shape index (κ3) is 5.98. The molecule has 21 heavy (non-hydrogen) atoms. The van der Waals surface area contributed by atoms with Gasteiger partial charge in [0.2, 0.25) is 0 Å². The topological polar surface area (TPSA) is 55.4 Å². The van der Waals surface area contributed by atoms with Crippen LogP contribution in [0.1, 0.15) is 64.1 Å². The monoisotopic (exact) mass is 291 g/mol. The number of ether oxygens (including phenoxy) is 1. The molecule has 0 bridgehead atoms. The molecule has 0 fully saturated rings. The minimum Gasteiger partial charge on any atom is -0.444 e. The first kappa shape index (κ1) is 17.2. The van der Waals surface area contributed by atoms with Crippen molar-refractivity contribution in [3.05, 3.63) is 35.4 Å². The van der Waals surface area contributed by atoms with Gasteiger partial charge in [-0.05, 0) is 37.8 Å². The van der Waals surface area contributed by atoms with Crippen LogP contribution in [0.25, 0.3) is 0 Å². The predicted molar refractivity (Wildman–Crippen MR) is 83.3 cm³/mol. The number of carbonyl (C=O) groups is 2. The van der Waals surface area contributed by atoms with E-state index in [9.17, 15) is 9.59 Å². The highest BCUT2D eigenvalue weighted by Gasteiger charge is 2.20. The first-order valence-corrected chi connectivity index (χ1v) is 7.26. The average Bonchev–Trinajstić information content (AvgIpc) is 2.36. The molecule has 0 radical (unpaired) electrons. The lowest BCUT2D eigenvalue weighted by atomic mass is 9.98. The van der Waals surface area contributed by atoms with E-state index in [0.717, 1.165) is 11.8 Å². The fourth-order valence-electron chi connectivity index (χ4n) is 1.94. The predicted octanol–water partition coefficient (Wildman–Crippen LogP) is 3.96. The Balaban J connectivity index is 2.81. The van der Waals surface area contributed by atoms with Crippen molar-refractivity contribution in [1.82, 2.24) is 5.32 Å². The minimum atomic E-state index is -0.558. The molecule has 1 amide bonds. The van der Waals surface area contributed by atoms with Gasteiger partial charge in [-0.25, -0.2) is 4.79 Å². The molecule has 0 aromatic heterocycles. The highest BCUT2D eigenvalue weighted by atomic mass is 16.6. The maximum atomic E-state index is 11.8. The normalized spacial score (nSPS) is 12.9. The summed E-state index contributed by atoms with van der Waals surface area (Å²) in [5, 5.41) is 2.75. The van der Waals surface area contributed by atoms with Crippen LogP contribution in [0.4, 0.5) is 4.79 Å². The number of alkyl carbamates (subject to hydrolysis) is 1. The Labute approximate surface area is 126 Å². The van der Waals surface area contributed by atoms with Crippen molar-refractivity contribution >= 4 is 12.4 Å². The zero-order valence-corrected chi connectivity index (χ0v) is 13.5. The van der Waals surface area contributed by atoms with E-state index in [0.29, 0.717) is 5.92 Å². The highest BCUT2D eigenvalue weighted by Crippen LogP contribution is 2.21. The lowest BCUT2D eigenvalue weighted by Crippen LogP contribution is -2.35. The van der Waals surface area contributed by atoms with Gasteiger partial charge < -0.3 is 14.8 Å². The molecule has 1 atom stereocenters. The van der Waals surface area contributed by atoms with Crippen LogP contribution in [0.2, 0.25) is 0 Å². The highest BCUT2D eigenvalue weighted by molar-refractivity contribution is 5.69. The summed E-state index contributed by atoms with van der Waals surface area (Å²) < 4.78 is 5.23. The molecule has 0 spiro atoms. The summed E-state index contributed by atoms with van der Waals surface area (Å²) in [6.07, 6.45) is 0.515. The second kappa shape index (κ2) is 7.25. The summed E-state index contributed by atoms with van der Waals surface area (Å²) in [5.74, 6) is 0.447. The number of amides is 1. The van der Waals surface area contributed by atoms with Gasteiger partial charge in [0, 0.05) is 6.42 Å². The summed E-state index contributed by atoms with van der Waals surface area (Å²) in [7, 11) is 0. The first-order chi connectivity index (χ1) is 9.73. The van der Waals surface area contributed by atoms with E-state index in [1.807, 2.05) is 24.3 Å². The van der Waals surface area contributed by atoms with Gasteiger partial charge in [-0.3, -0.25) is 0 Å². The molecular formula is C17H25NO3. The Morgan fingerprint density at radius 1 is 1.19 bits per heavy atom. The van der Waals surface area contributed by atoms with Crippen molar-refractivity contribution in [2.45, 2.75) is 58.6 Å². The lowest BCUT2D eigenvalue weighted by molar-refractivity contribution is -0.108. The summed E-state index contributed by atoms with van der Waals surface area (Å²) in [6.45, 7) is 9.66. The summed E-state index contributed by atoms with van der Waals surface area (Å²) in [6, 6.07) is 7.57. The number of benzene rings is 1. The van der Waals surface area contributed by atoms with E-state index in [1.54, 1.807) is 20.8 Å². The Bertz CT molecular complexity index is 472. The molecule has 1 N–H and O–H groups in total. The van der Waals surface area contributed by atoms with Crippen LogP contribution < -0.4 is 5.32 Å². The molecule has 4 nitrogen and oxygen atoms in total. The van der Waals surface area contributed by atoms with Crippen molar-refractivity contribution in [2.75, 3.05) is 0 Å². The number of hydrogen-bond acceptors (Lipinski definition) is 3. The van der Waals surface area contributed by atoms with E-state index < -0.39 is 11.7 Å². The fraction of sp³-hybridized carbons (Fsp3) is 0.529. The molecule has 0 heterocycles. The fourth-order valence-corrected chi connectivity index (χ4v) is 1.94. The van der Waals surface area contributed by atoms with Crippen molar-refractivity contribution in [2.24, 2.45) is 0 Å². The number of nitrogens with one attached hydrogen (secondary N) is 1. The van der Waals surface area contributed by atoms with Crippen molar-refractivity contribution in [3.63, 3.8) is 0 Å². The van der Waals surface area contributed by atoms with Crippen LogP contribution in [0.3, 0.4) is 0 Å².